The third-order valence-electron chi connectivity index (χ3n) is 4.06. The molecule has 2 aliphatic heterocycles. The van der Waals surface area contributed by atoms with E-state index in [0.29, 0.717) is 28.5 Å². The van der Waals surface area contributed by atoms with Gasteiger partial charge in [0, 0.05) is 12.5 Å². The molecule has 0 aliphatic carbocycles. The lowest BCUT2D eigenvalue weighted by molar-refractivity contribution is 0.0287. The first-order chi connectivity index (χ1) is 11.0. The third kappa shape index (κ3) is 2.38. The van der Waals surface area contributed by atoms with Gasteiger partial charge in [-0.1, -0.05) is 27.7 Å². The Hall–Kier alpha value is -1.74. The molecule has 2 aliphatic rings. The lowest BCUT2D eigenvalue weighted by atomic mass is 10.1. The van der Waals surface area contributed by atoms with E-state index >= 15 is 0 Å². The summed E-state index contributed by atoms with van der Waals surface area (Å²) < 4.78 is 32.9. The van der Waals surface area contributed by atoms with Gasteiger partial charge in [0.2, 0.25) is 9.93 Å². The van der Waals surface area contributed by atoms with Crippen LogP contribution in [-0.2, 0) is 14.6 Å². The van der Waals surface area contributed by atoms with Gasteiger partial charge in [-0.3, -0.25) is 4.79 Å². The first kappa shape index (κ1) is 14.8. The van der Waals surface area contributed by atoms with Crippen LogP contribution in [0, 0.1) is 0 Å². The summed E-state index contributed by atoms with van der Waals surface area (Å²) in [6.45, 7) is 0.413. The van der Waals surface area contributed by atoms with Gasteiger partial charge in [-0.05, 0) is 23.6 Å². The van der Waals surface area contributed by atoms with Crippen molar-refractivity contribution in [3.63, 3.8) is 0 Å². The van der Waals surface area contributed by atoms with Crippen molar-refractivity contribution in [2.75, 3.05) is 13.1 Å². The number of para-hydroxylation sites is 1. The molecule has 3 heterocycles. The number of nitrogens with zero attached hydrogens (tertiary/aromatic N) is 1. The van der Waals surface area contributed by atoms with Gasteiger partial charge in [-0.25, -0.2) is 0 Å². The number of amides is 1. The van der Waals surface area contributed by atoms with Crippen LogP contribution in [0.3, 0.4) is 0 Å². The van der Waals surface area contributed by atoms with Crippen LogP contribution in [0.25, 0.3) is 0 Å². The number of benzene rings is 1. The Morgan fingerprint density at radius 2 is 2.13 bits per heavy atom. The Labute approximate surface area is 138 Å². The molecule has 1 aromatic heterocycles. The number of nitrogens with one attached hydrogen (secondary N) is 1. The minimum atomic E-state index is -3.55. The number of carbonyl (C=O) groups excluding carboxylic acids is 1. The molecular formula is C15H14N2O4S2. The molecule has 1 fully saturated rings. The Balaban J connectivity index is 1.62. The van der Waals surface area contributed by atoms with E-state index in [-0.39, 0.29) is 12.5 Å². The van der Waals surface area contributed by atoms with E-state index in [1.54, 1.807) is 41.8 Å². The zero-order valence-electron chi connectivity index (χ0n) is 12.1. The van der Waals surface area contributed by atoms with Crippen LogP contribution in [0.4, 0.5) is 0 Å². The van der Waals surface area contributed by atoms with E-state index < -0.39 is 16.1 Å². The first-order valence-corrected chi connectivity index (χ1v) is 9.46. The van der Waals surface area contributed by atoms with Gasteiger partial charge in [0.05, 0.1) is 12.1 Å². The highest BCUT2D eigenvalue weighted by Gasteiger charge is 2.51. The van der Waals surface area contributed by atoms with Crippen LogP contribution < -0.4 is 10.1 Å². The Morgan fingerprint density at radius 3 is 2.91 bits per heavy atom. The number of rotatable bonds is 2. The Kier molecular flexibility index (Phi) is 3.31. The zero-order valence-corrected chi connectivity index (χ0v) is 13.7. The van der Waals surface area contributed by atoms with Gasteiger partial charge in [-0.15, -0.1) is 4.31 Å². The predicted molar refractivity (Wildman–Crippen MR) is 84.9 cm³/mol. The van der Waals surface area contributed by atoms with Crippen molar-refractivity contribution in [3.8, 4) is 5.75 Å². The van der Waals surface area contributed by atoms with Gasteiger partial charge < -0.3 is 14.6 Å². The molecular weight excluding hydrogens is 336 g/mol. The summed E-state index contributed by atoms with van der Waals surface area (Å²) in [6.07, 6.45) is 0.414. The maximum Gasteiger partial charge on any atom is 0.258 e. The molecule has 1 spiro atoms. The molecule has 1 saturated heterocycles. The van der Waals surface area contributed by atoms with Crippen LogP contribution in [0.15, 0.2) is 46.0 Å². The molecule has 2 aromatic rings. The lowest BCUT2D eigenvalue weighted by Gasteiger charge is -2.35. The molecule has 120 valence electrons. The molecule has 2 atom stereocenters. The van der Waals surface area contributed by atoms with Crippen molar-refractivity contribution in [2.24, 2.45) is 0 Å². The van der Waals surface area contributed by atoms with E-state index in [0.717, 1.165) is 0 Å². The number of sulfonamides is 1. The largest absolute Gasteiger partial charge is 0.592 e. The smallest absolute Gasteiger partial charge is 0.258 e. The highest BCUT2D eigenvalue weighted by Crippen LogP contribution is 2.36. The minimum absolute atomic E-state index is 0.104. The Morgan fingerprint density at radius 1 is 1.30 bits per heavy atom. The molecule has 1 N–H and O–H groups in total. The molecule has 0 saturated carbocycles. The van der Waals surface area contributed by atoms with Crippen LogP contribution in [-0.4, -0.2) is 33.6 Å². The molecule has 23 heavy (non-hydrogen) atoms. The standard InChI is InChI=1S/C15H14N2O4S2/c18-14-11-4-1-2-5-12(11)21-15(16-14)7-8-17(10-15)23(19,20)13-6-3-9-22-13/h1-6,9H,7-8,10H2,(H-,16,18,19,20). The average Bonchev–Trinajstić information content (AvgIpc) is 3.18. The monoisotopic (exact) mass is 350 g/mol. The fourth-order valence-corrected chi connectivity index (χ4v) is 5.56. The van der Waals surface area contributed by atoms with Gasteiger partial charge in [0.1, 0.15) is 12.3 Å². The number of thiophene rings is 1. The molecule has 2 unspecified atom stereocenters. The van der Waals surface area contributed by atoms with Crippen molar-refractivity contribution in [3.05, 3.63) is 47.3 Å². The lowest BCUT2D eigenvalue weighted by Crippen LogP contribution is -2.58. The maximum atomic E-state index is 12.6. The van der Waals surface area contributed by atoms with Gasteiger partial charge in [-0.2, -0.15) is 0 Å². The van der Waals surface area contributed by atoms with E-state index in [9.17, 15) is 13.6 Å². The first-order valence-electron chi connectivity index (χ1n) is 7.14. The second-order valence-corrected chi connectivity index (χ2v) is 8.68. The van der Waals surface area contributed by atoms with E-state index in [1.165, 1.54) is 15.6 Å². The third-order valence-corrected chi connectivity index (χ3v) is 7.28. The topological polar surface area (TPSA) is 81.7 Å². The van der Waals surface area contributed by atoms with Crippen molar-refractivity contribution < 1.29 is 18.3 Å². The summed E-state index contributed by atoms with van der Waals surface area (Å²) in [4.78, 5) is 12.3. The van der Waals surface area contributed by atoms with Crippen molar-refractivity contribution in [2.45, 2.75) is 16.4 Å². The van der Waals surface area contributed by atoms with Crippen LogP contribution in [0.1, 0.15) is 16.8 Å². The van der Waals surface area contributed by atoms with Crippen molar-refractivity contribution in [1.82, 2.24) is 9.62 Å². The van der Waals surface area contributed by atoms with Gasteiger partial charge >= 0.3 is 0 Å². The summed E-state index contributed by atoms with van der Waals surface area (Å²) in [5.74, 6) is 0.258. The molecule has 1 aromatic carbocycles. The van der Waals surface area contributed by atoms with E-state index in [2.05, 4.69) is 5.32 Å². The Bertz CT molecular complexity index is 808. The molecule has 1 amide bonds. The SMILES string of the molecule is O=C1NC2(CCN([S+](=O)([O-])c3cccs3)C2)Oc2ccccc21. The maximum absolute atomic E-state index is 12.6. The summed E-state index contributed by atoms with van der Waals surface area (Å²) in [5.41, 5.74) is -0.520. The highest BCUT2D eigenvalue weighted by molar-refractivity contribution is 7.97. The van der Waals surface area contributed by atoms with Crippen LogP contribution in [0.2, 0.25) is 0 Å². The molecule has 8 heteroatoms. The summed E-state index contributed by atoms with van der Waals surface area (Å²) in [6, 6.07) is 10.3. The van der Waals surface area contributed by atoms with Crippen LogP contribution >= 0.6 is 11.3 Å². The summed E-state index contributed by atoms with van der Waals surface area (Å²) in [7, 11) is -3.55. The quantitative estimate of drug-likeness (QED) is 0.839. The zero-order chi connectivity index (χ0) is 16.1. The van der Waals surface area contributed by atoms with Gasteiger partial charge in [0.25, 0.3) is 5.91 Å². The number of hydrogen-bond acceptors (Lipinski definition) is 5. The number of carbonyl (C=O) groups is 1. The highest BCUT2D eigenvalue weighted by atomic mass is 32.3. The van der Waals surface area contributed by atoms with Crippen LogP contribution in [0.5, 0.6) is 5.75 Å². The number of ether oxygens (including phenoxy) is 1. The average molecular weight is 350 g/mol. The van der Waals surface area contributed by atoms with Gasteiger partial charge in [0.15, 0.2) is 10.4 Å². The molecule has 4 rings (SSSR count). The van der Waals surface area contributed by atoms with Crippen molar-refractivity contribution in [1.29, 1.82) is 0 Å². The summed E-state index contributed by atoms with van der Waals surface area (Å²) >= 11 is 1.18. The number of fused-ring (bicyclic) bond motifs is 1. The predicted octanol–water partition coefficient (Wildman–Crippen LogP) is 1.88. The minimum Gasteiger partial charge on any atom is -0.592 e. The second kappa shape index (κ2) is 5.13. The fraction of sp³-hybridized carbons (Fsp3) is 0.267. The molecule has 6 nitrogen and oxygen atoms in total. The normalized spacial score (nSPS) is 26.4. The fourth-order valence-electron chi connectivity index (χ4n) is 2.93. The van der Waals surface area contributed by atoms with Crippen molar-refractivity contribution >= 4 is 27.6 Å². The second-order valence-electron chi connectivity index (χ2n) is 5.57. The molecule has 0 radical (unpaired) electrons. The van der Waals surface area contributed by atoms with E-state index in [1.807, 2.05) is 0 Å². The van der Waals surface area contributed by atoms with E-state index in [4.69, 9.17) is 4.74 Å². The summed E-state index contributed by atoms with van der Waals surface area (Å²) in [5, 5.41) is 4.56. The molecule has 0 bridgehead atoms. The number of hydrogen-bond donors (Lipinski definition) is 1.